The van der Waals surface area contributed by atoms with Gasteiger partial charge in [0.1, 0.15) is 17.8 Å². The molecule has 8 heteroatoms. The molecule has 0 bridgehead atoms. The van der Waals surface area contributed by atoms with Gasteiger partial charge in [0, 0.05) is 11.5 Å². The summed E-state index contributed by atoms with van der Waals surface area (Å²) < 4.78 is 15.9. The molecule has 0 spiro atoms. The van der Waals surface area contributed by atoms with Gasteiger partial charge in [-0.2, -0.15) is 0 Å². The number of benzene rings is 2. The van der Waals surface area contributed by atoms with Crippen LogP contribution in [0.5, 0.6) is 5.75 Å². The van der Waals surface area contributed by atoms with E-state index in [0.29, 0.717) is 17.6 Å². The maximum absolute atomic E-state index is 13.6. The summed E-state index contributed by atoms with van der Waals surface area (Å²) >= 11 is 0. The van der Waals surface area contributed by atoms with E-state index in [9.17, 15) is 24.3 Å². The first kappa shape index (κ1) is 22.7. The topological polar surface area (TPSA) is 116 Å². The summed E-state index contributed by atoms with van der Waals surface area (Å²) in [5.74, 6) is -5.81. The van der Waals surface area contributed by atoms with Crippen LogP contribution in [0.1, 0.15) is 38.6 Å². The van der Waals surface area contributed by atoms with Gasteiger partial charge < -0.3 is 19.3 Å². The highest BCUT2D eigenvalue weighted by atomic mass is 16.6. The van der Waals surface area contributed by atoms with Crippen LogP contribution in [0.4, 0.5) is 0 Å². The van der Waals surface area contributed by atoms with Crippen LogP contribution in [0.2, 0.25) is 0 Å². The van der Waals surface area contributed by atoms with Crippen LogP contribution in [-0.2, 0) is 19.1 Å². The van der Waals surface area contributed by atoms with Crippen LogP contribution < -0.4 is 4.74 Å². The van der Waals surface area contributed by atoms with Crippen molar-refractivity contribution < 1.29 is 38.5 Å². The fourth-order valence-electron chi connectivity index (χ4n) is 4.95. The highest BCUT2D eigenvalue weighted by Gasteiger charge is 2.53. The van der Waals surface area contributed by atoms with E-state index in [4.69, 9.17) is 14.2 Å². The molecule has 1 saturated heterocycles. The Hall–Kier alpha value is -4.04. The van der Waals surface area contributed by atoms with Gasteiger partial charge in [0.2, 0.25) is 6.29 Å². The van der Waals surface area contributed by atoms with Gasteiger partial charge in [-0.25, -0.2) is 4.79 Å². The van der Waals surface area contributed by atoms with Crippen LogP contribution in [0.3, 0.4) is 0 Å². The number of carbonyl (C=O) groups excluding carboxylic acids is 4. The number of carbonyl (C=O) groups is 4. The van der Waals surface area contributed by atoms with E-state index < -0.39 is 53.7 Å². The second-order valence-electron chi connectivity index (χ2n) is 8.56. The summed E-state index contributed by atoms with van der Waals surface area (Å²) in [6.07, 6.45) is 3.29. The molecule has 0 saturated carbocycles. The van der Waals surface area contributed by atoms with Crippen molar-refractivity contribution in [2.45, 2.75) is 24.7 Å². The summed E-state index contributed by atoms with van der Waals surface area (Å²) in [5.41, 5.74) is 1.24. The molecule has 1 aliphatic carbocycles. The SMILES string of the molecule is COC(=O)c1ccc(C(C2C(=O)OC3C=CCC=C3C2=O)C2C(=O)c3ccccc3OC2O)cc1. The lowest BCUT2D eigenvalue weighted by Crippen LogP contribution is -2.50. The number of hydrogen-bond acceptors (Lipinski definition) is 8. The molecule has 0 radical (unpaired) electrons. The smallest absolute Gasteiger partial charge is 0.337 e. The van der Waals surface area contributed by atoms with Crippen molar-refractivity contribution >= 4 is 23.5 Å². The van der Waals surface area contributed by atoms with E-state index in [2.05, 4.69) is 0 Å². The molecule has 2 aliphatic heterocycles. The lowest BCUT2D eigenvalue weighted by Gasteiger charge is -2.39. The van der Waals surface area contributed by atoms with E-state index in [1.165, 1.54) is 19.2 Å². The molecule has 1 N–H and O–H groups in total. The number of ether oxygens (including phenoxy) is 3. The Labute approximate surface area is 200 Å². The summed E-state index contributed by atoms with van der Waals surface area (Å²) in [6, 6.07) is 12.5. The van der Waals surface area contributed by atoms with Crippen molar-refractivity contribution in [2.24, 2.45) is 11.8 Å². The standard InChI is InChI=1S/C27H22O8/c1-33-25(30)15-12-10-14(11-13-15)20(21-23(28)16-6-2-4-8-18(16)34-26(21)31)22-24(29)17-7-3-5-9-19(17)35-27(22)32/h2,4-13,19-22,26,31H,3H2,1H3. The average molecular weight is 474 g/mol. The number of esters is 2. The Balaban J connectivity index is 1.62. The minimum absolute atomic E-state index is 0.221. The molecule has 8 nitrogen and oxygen atoms in total. The monoisotopic (exact) mass is 474 g/mol. The lowest BCUT2D eigenvalue weighted by atomic mass is 9.69. The Kier molecular flexibility index (Phi) is 5.82. The number of aliphatic hydroxyl groups excluding tert-OH is 1. The molecule has 178 valence electrons. The zero-order chi connectivity index (χ0) is 24.7. The molecule has 2 heterocycles. The molecule has 35 heavy (non-hydrogen) atoms. The minimum Gasteiger partial charge on any atom is -0.465 e. The van der Waals surface area contributed by atoms with Gasteiger partial charge in [-0.1, -0.05) is 36.4 Å². The molecule has 1 fully saturated rings. The van der Waals surface area contributed by atoms with Crippen molar-refractivity contribution in [1.82, 2.24) is 0 Å². The van der Waals surface area contributed by atoms with Gasteiger partial charge >= 0.3 is 11.9 Å². The number of aliphatic hydroxyl groups is 1. The Morgan fingerprint density at radius 1 is 1.03 bits per heavy atom. The summed E-state index contributed by atoms with van der Waals surface area (Å²) in [5, 5.41) is 10.9. The fourth-order valence-corrected chi connectivity index (χ4v) is 4.95. The first-order chi connectivity index (χ1) is 16.9. The first-order valence-corrected chi connectivity index (χ1v) is 11.2. The number of hydrogen-bond donors (Lipinski definition) is 1. The molecule has 5 unspecified atom stereocenters. The highest BCUT2D eigenvalue weighted by Crippen LogP contribution is 2.45. The van der Waals surface area contributed by atoms with Gasteiger partial charge in [-0.05, 0) is 42.3 Å². The Morgan fingerprint density at radius 3 is 2.51 bits per heavy atom. The maximum Gasteiger partial charge on any atom is 0.337 e. The first-order valence-electron chi connectivity index (χ1n) is 11.2. The van der Waals surface area contributed by atoms with E-state index >= 15 is 0 Å². The second kappa shape index (κ2) is 8.96. The maximum atomic E-state index is 13.6. The number of para-hydroxylation sites is 1. The highest BCUT2D eigenvalue weighted by molar-refractivity contribution is 6.13. The molecular weight excluding hydrogens is 452 g/mol. The number of Topliss-reactive ketones (excluding diaryl/α,β-unsaturated/α-hetero) is 2. The van der Waals surface area contributed by atoms with E-state index in [0.717, 1.165) is 0 Å². The number of methoxy groups -OCH3 is 1. The predicted molar refractivity (Wildman–Crippen MR) is 122 cm³/mol. The summed E-state index contributed by atoms with van der Waals surface area (Å²) in [7, 11) is 1.25. The van der Waals surface area contributed by atoms with Gasteiger partial charge in [0.05, 0.1) is 24.2 Å². The molecule has 5 rings (SSSR count). The third kappa shape index (κ3) is 3.85. The molecule has 0 aromatic heterocycles. The largest absolute Gasteiger partial charge is 0.465 e. The minimum atomic E-state index is -1.61. The zero-order valence-corrected chi connectivity index (χ0v) is 18.7. The van der Waals surface area contributed by atoms with E-state index in [1.807, 2.05) is 0 Å². The predicted octanol–water partition coefficient (Wildman–Crippen LogP) is 2.76. The lowest BCUT2D eigenvalue weighted by molar-refractivity contribution is -0.160. The Bertz CT molecular complexity index is 1270. The average Bonchev–Trinajstić information content (AvgIpc) is 2.87. The number of fused-ring (bicyclic) bond motifs is 2. The van der Waals surface area contributed by atoms with Crippen molar-refractivity contribution in [3.8, 4) is 5.75 Å². The van der Waals surface area contributed by atoms with Crippen LogP contribution >= 0.6 is 0 Å². The zero-order valence-electron chi connectivity index (χ0n) is 18.7. The normalized spacial score (nSPS) is 26.0. The molecule has 2 aromatic rings. The van der Waals surface area contributed by atoms with Gasteiger partial charge in [-0.3, -0.25) is 14.4 Å². The number of ketones is 2. The summed E-state index contributed by atoms with van der Waals surface area (Å²) in [6.45, 7) is 0. The van der Waals surface area contributed by atoms with E-state index in [-0.39, 0.29) is 16.9 Å². The third-order valence-corrected chi connectivity index (χ3v) is 6.63. The van der Waals surface area contributed by atoms with Gasteiger partial charge in [0.15, 0.2) is 11.6 Å². The van der Waals surface area contributed by atoms with Crippen LogP contribution in [-0.4, -0.2) is 48.1 Å². The van der Waals surface area contributed by atoms with E-state index in [1.54, 1.807) is 54.6 Å². The Morgan fingerprint density at radius 2 is 1.77 bits per heavy atom. The van der Waals surface area contributed by atoms with Crippen LogP contribution in [0.25, 0.3) is 0 Å². The van der Waals surface area contributed by atoms with Crippen molar-refractivity contribution in [2.75, 3.05) is 7.11 Å². The second-order valence-corrected chi connectivity index (χ2v) is 8.56. The number of rotatable bonds is 4. The quantitative estimate of drug-likeness (QED) is 0.409. The van der Waals surface area contributed by atoms with Gasteiger partial charge in [0.25, 0.3) is 0 Å². The fraction of sp³-hybridized carbons (Fsp3) is 0.259. The van der Waals surface area contributed by atoms with Crippen LogP contribution in [0.15, 0.2) is 72.3 Å². The molecular formula is C27H22O8. The molecule has 3 aliphatic rings. The molecule has 2 aromatic carbocycles. The summed E-state index contributed by atoms with van der Waals surface area (Å²) in [4.78, 5) is 52.3. The van der Waals surface area contributed by atoms with Crippen LogP contribution in [0, 0.1) is 11.8 Å². The molecule has 0 amide bonds. The third-order valence-electron chi connectivity index (χ3n) is 6.63. The van der Waals surface area contributed by atoms with Crippen molar-refractivity contribution in [3.63, 3.8) is 0 Å². The van der Waals surface area contributed by atoms with Crippen molar-refractivity contribution in [1.29, 1.82) is 0 Å². The van der Waals surface area contributed by atoms with Gasteiger partial charge in [-0.15, -0.1) is 0 Å². The van der Waals surface area contributed by atoms with Crippen molar-refractivity contribution in [3.05, 3.63) is 89.0 Å². The number of allylic oxidation sites excluding steroid dienone is 2. The molecule has 5 atom stereocenters.